The molecule has 1 saturated heterocycles. The third-order valence-electron chi connectivity index (χ3n) is 4.61. The van der Waals surface area contributed by atoms with Gasteiger partial charge >= 0.3 is 17.8 Å². The van der Waals surface area contributed by atoms with Crippen LogP contribution in [0.15, 0.2) is 30.3 Å². The predicted octanol–water partition coefficient (Wildman–Crippen LogP) is 1.71. The van der Waals surface area contributed by atoms with Crippen LogP contribution < -0.4 is 4.74 Å². The van der Waals surface area contributed by atoms with E-state index in [4.69, 9.17) is 4.74 Å². The summed E-state index contributed by atoms with van der Waals surface area (Å²) in [4.78, 5) is 49.5. The van der Waals surface area contributed by atoms with Gasteiger partial charge in [0.1, 0.15) is 5.75 Å². The minimum absolute atomic E-state index is 0.394. The quantitative estimate of drug-likeness (QED) is 0.455. The van der Waals surface area contributed by atoms with Gasteiger partial charge in [-0.05, 0) is 44.2 Å². The van der Waals surface area contributed by atoms with E-state index in [9.17, 15) is 19.2 Å². The van der Waals surface area contributed by atoms with E-state index >= 15 is 0 Å². The third kappa shape index (κ3) is 2.99. The van der Waals surface area contributed by atoms with Gasteiger partial charge in [0.2, 0.25) is 0 Å². The van der Waals surface area contributed by atoms with Gasteiger partial charge in [-0.1, -0.05) is 0 Å². The second kappa shape index (κ2) is 6.71. The van der Waals surface area contributed by atoms with Crippen molar-refractivity contribution >= 4 is 23.6 Å². The average molecular weight is 369 g/mol. The number of methoxy groups -OCH3 is 1. The number of carbonyl (C=O) groups is 4. The van der Waals surface area contributed by atoms with Crippen molar-refractivity contribution < 1.29 is 23.9 Å². The minimum Gasteiger partial charge on any atom is -0.497 e. The van der Waals surface area contributed by atoms with Crippen LogP contribution in [0.25, 0.3) is 5.69 Å². The number of benzene rings is 1. The van der Waals surface area contributed by atoms with Crippen LogP contribution in [0.4, 0.5) is 4.79 Å². The number of aryl methyl sites for hydroxylation is 1. The summed E-state index contributed by atoms with van der Waals surface area (Å²) in [7, 11) is 2.80. The van der Waals surface area contributed by atoms with Crippen molar-refractivity contribution in [2.24, 2.45) is 0 Å². The summed E-state index contributed by atoms with van der Waals surface area (Å²) in [5, 5.41) is 0. The molecule has 2 heterocycles. The predicted molar refractivity (Wildman–Crippen MR) is 96.0 cm³/mol. The normalized spacial score (nSPS) is 14.3. The monoisotopic (exact) mass is 369 g/mol. The number of likely N-dealkylation sites (N-methyl/N-ethyl adjacent to an activating group) is 1. The van der Waals surface area contributed by atoms with E-state index in [1.165, 1.54) is 7.05 Å². The maximum atomic E-state index is 12.7. The molecule has 8 heteroatoms. The SMILES string of the molecule is COc1ccc(-n2c(C)cc(C(=O)CN3C(=O)C(=O)N(C)C3=O)c2C)cc1. The van der Waals surface area contributed by atoms with Crippen LogP contribution >= 0.6 is 0 Å². The molecule has 140 valence electrons. The lowest BCUT2D eigenvalue weighted by Gasteiger charge is -2.13. The lowest BCUT2D eigenvalue weighted by molar-refractivity contribution is -0.142. The summed E-state index contributed by atoms with van der Waals surface area (Å²) in [6, 6.07) is 8.29. The lowest BCUT2D eigenvalue weighted by atomic mass is 10.1. The highest BCUT2D eigenvalue weighted by molar-refractivity contribution is 6.45. The Morgan fingerprint density at radius 3 is 2.19 bits per heavy atom. The largest absolute Gasteiger partial charge is 0.497 e. The maximum absolute atomic E-state index is 12.7. The Labute approximate surface area is 155 Å². The molecule has 1 aliphatic heterocycles. The van der Waals surface area contributed by atoms with Gasteiger partial charge < -0.3 is 9.30 Å². The molecule has 1 aromatic heterocycles. The van der Waals surface area contributed by atoms with E-state index in [0.717, 1.165) is 17.1 Å². The molecule has 1 aliphatic rings. The molecule has 3 rings (SSSR count). The summed E-state index contributed by atoms with van der Waals surface area (Å²) in [5.41, 5.74) is 2.76. The number of carbonyl (C=O) groups excluding carboxylic acids is 4. The Kier molecular flexibility index (Phi) is 4.57. The van der Waals surface area contributed by atoms with Gasteiger partial charge in [0.25, 0.3) is 0 Å². The molecule has 27 heavy (non-hydrogen) atoms. The molecule has 0 unspecified atom stereocenters. The van der Waals surface area contributed by atoms with Crippen molar-refractivity contribution in [3.05, 3.63) is 47.3 Å². The van der Waals surface area contributed by atoms with Crippen LogP contribution in [0.5, 0.6) is 5.75 Å². The van der Waals surface area contributed by atoms with E-state index in [1.807, 2.05) is 35.8 Å². The summed E-state index contributed by atoms with van der Waals surface area (Å²) in [6.45, 7) is 3.17. The minimum atomic E-state index is -0.986. The lowest BCUT2D eigenvalue weighted by Crippen LogP contribution is -2.36. The fourth-order valence-corrected chi connectivity index (χ4v) is 3.16. The summed E-state index contributed by atoms with van der Waals surface area (Å²) >= 11 is 0. The Morgan fingerprint density at radius 1 is 1.04 bits per heavy atom. The Bertz CT molecular complexity index is 958. The first kappa shape index (κ1) is 18.4. The molecular weight excluding hydrogens is 350 g/mol. The number of ketones is 1. The van der Waals surface area contributed by atoms with Crippen molar-refractivity contribution in [1.82, 2.24) is 14.4 Å². The van der Waals surface area contributed by atoms with Crippen molar-refractivity contribution in [2.45, 2.75) is 13.8 Å². The number of imide groups is 2. The highest BCUT2D eigenvalue weighted by atomic mass is 16.5. The molecule has 4 amide bonds. The molecule has 1 aromatic carbocycles. The molecule has 0 radical (unpaired) electrons. The molecule has 0 spiro atoms. The topological polar surface area (TPSA) is 88.9 Å². The first-order valence-electron chi connectivity index (χ1n) is 8.26. The number of amides is 4. The summed E-state index contributed by atoms with van der Waals surface area (Å²) in [6.07, 6.45) is 0. The van der Waals surface area contributed by atoms with Gasteiger partial charge in [-0.2, -0.15) is 0 Å². The second-order valence-electron chi connectivity index (χ2n) is 6.28. The highest BCUT2D eigenvalue weighted by Crippen LogP contribution is 2.23. The number of hydrogen-bond donors (Lipinski definition) is 0. The summed E-state index contributed by atoms with van der Waals surface area (Å²) < 4.78 is 7.06. The number of urea groups is 1. The van der Waals surface area contributed by atoms with Crippen LogP contribution in [-0.4, -0.2) is 58.7 Å². The van der Waals surface area contributed by atoms with Crippen LogP contribution in [-0.2, 0) is 9.59 Å². The van der Waals surface area contributed by atoms with Crippen LogP contribution in [0, 0.1) is 13.8 Å². The average Bonchev–Trinajstić information content (AvgIpc) is 3.05. The van der Waals surface area contributed by atoms with Gasteiger partial charge in [-0.15, -0.1) is 0 Å². The first-order chi connectivity index (χ1) is 12.8. The number of rotatable bonds is 5. The number of Topliss-reactive ketones (excluding diaryl/α,β-unsaturated/α-hetero) is 1. The number of ether oxygens (including phenoxy) is 1. The molecule has 8 nitrogen and oxygen atoms in total. The Balaban J connectivity index is 1.89. The van der Waals surface area contributed by atoms with E-state index in [-0.39, 0.29) is 0 Å². The number of nitrogens with zero attached hydrogens (tertiary/aromatic N) is 3. The fourth-order valence-electron chi connectivity index (χ4n) is 3.16. The highest BCUT2D eigenvalue weighted by Gasteiger charge is 2.43. The number of aromatic nitrogens is 1. The first-order valence-corrected chi connectivity index (χ1v) is 8.26. The number of hydrogen-bond acceptors (Lipinski definition) is 5. The second-order valence-corrected chi connectivity index (χ2v) is 6.28. The van der Waals surface area contributed by atoms with Crippen LogP contribution in [0.1, 0.15) is 21.7 Å². The standard InChI is InChI=1S/C19H19N3O5/c1-11-9-15(12(2)22(11)13-5-7-14(27-4)8-6-13)16(23)10-21-18(25)17(24)20(3)19(21)26/h5-9H,10H2,1-4H3. The van der Waals surface area contributed by atoms with Gasteiger partial charge in [-0.3, -0.25) is 19.3 Å². The van der Waals surface area contributed by atoms with Gasteiger partial charge in [0.05, 0.1) is 13.7 Å². The zero-order valence-corrected chi connectivity index (χ0v) is 15.5. The molecule has 0 atom stereocenters. The van der Waals surface area contributed by atoms with Crippen LogP contribution in [0.2, 0.25) is 0 Å². The smallest absolute Gasteiger partial charge is 0.334 e. The molecule has 0 aliphatic carbocycles. The molecule has 0 N–H and O–H groups in total. The Morgan fingerprint density at radius 2 is 1.67 bits per heavy atom. The molecular formula is C19H19N3O5. The molecule has 1 fully saturated rings. The maximum Gasteiger partial charge on any atom is 0.334 e. The fraction of sp³-hybridized carbons (Fsp3) is 0.263. The zero-order valence-electron chi connectivity index (χ0n) is 15.5. The zero-order chi connectivity index (χ0) is 19.9. The summed E-state index contributed by atoms with van der Waals surface area (Å²) in [5.74, 6) is -1.61. The molecule has 2 aromatic rings. The van der Waals surface area contributed by atoms with Crippen molar-refractivity contribution in [2.75, 3.05) is 20.7 Å². The van der Waals surface area contributed by atoms with E-state index in [2.05, 4.69) is 0 Å². The van der Waals surface area contributed by atoms with Crippen molar-refractivity contribution in [1.29, 1.82) is 0 Å². The molecule has 0 saturated carbocycles. The van der Waals surface area contributed by atoms with E-state index < -0.39 is 30.2 Å². The van der Waals surface area contributed by atoms with Crippen molar-refractivity contribution in [3.63, 3.8) is 0 Å². The van der Waals surface area contributed by atoms with E-state index in [1.54, 1.807) is 20.1 Å². The van der Waals surface area contributed by atoms with Gasteiger partial charge in [0.15, 0.2) is 5.78 Å². The van der Waals surface area contributed by atoms with Crippen molar-refractivity contribution in [3.8, 4) is 11.4 Å². The van der Waals surface area contributed by atoms with E-state index in [0.29, 0.717) is 21.1 Å². The molecule has 0 bridgehead atoms. The van der Waals surface area contributed by atoms with Gasteiger partial charge in [0, 0.05) is 29.7 Å². The van der Waals surface area contributed by atoms with Gasteiger partial charge in [-0.25, -0.2) is 9.69 Å². The Hall–Kier alpha value is -3.42. The van der Waals surface area contributed by atoms with Crippen LogP contribution in [0.3, 0.4) is 0 Å². The third-order valence-corrected chi connectivity index (χ3v) is 4.61.